The monoisotopic (exact) mass is 262 g/mol. The first kappa shape index (κ1) is 11.9. The molecule has 1 saturated heterocycles. The van der Waals surface area contributed by atoms with Crippen molar-refractivity contribution < 1.29 is 0 Å². The van der Waals surface area contributed by atoms with Crippen molar-refractivity contribution in [1.82, 2.24) is 20.1 Å². The molecular weight excluding hydrogens is 244 g/mol. The molecule has 0 spiro atoms. The van der Waals surface area contributed by atoms with Gasteiger partial charge in [-0.05, 0) is 32.4 Å². The zero-order valence-electron chi connectivity index (χ0n) is 10.6. The van der Waals surface area contributed by atoms with Gasteiger partial charge in [0.15, 0.2) is 0 Å². The van der Waals surface area contributed by atoms with Gasteiger partial charge in [0.1, 0.15) is 0 Å². The van der Waals surface area contributed by atoms with Gasteiger partial charge in [-0.3, -0.25) is 10.00 Å². The van der Waals surface area contributed by atoms with E-state index in [1.807, 2.05) is 11.7 Å². The molecule has 0 aromatic carbocycles. The van der Waals surface area contributed by atoms with Crippen LogP contribution in [-0.4, -0.2) is 33.2 Å². The number of nitrogens with one attached hydrogen (secondary N) is 1. The van der Waals surface area contributed by atoms with Gasteiger partial charge in [0.2, 0.25) is 0 Å². The molecule has 1 aliphatic heterocycles. The Morgan fingerprint density at radius 1 is 1.56 bits per heavy atom. The van der Waals surface area contributed by atoms with Crippen LogP contribution in [0.4, 0.5) is 0 Å². The van der Waals surface area contributed by atoms with Crippen molar-refractivity contribution in [3.8, 4) is 0 Å². The van der Waals surface area contributed by atoms with Crippen LogP contribution in [0.15, 0.2) is 17.8 Å². The zero-order chi connectivity index (χ0) is 12.4. The molecule has 0 radical (unpaired) electrons. The number of aromatic nitrogens is 3. The molecule has 0 aliphatic carbocycles. The predicted molar refractivity (Wildman–Crippen MR) is 72.7 cm³/mol. The topological polar surface area (TPSA) is 44.8 Å². The quantitative estimate of drug-likeness (QED) is 0.924. The van der Waals surface area contributed by atoms with Crippen LogP contribution in [0.25, 0.3) is 0 Å². The average Bonchev–Trinajstić information content (AvgIpc) is 3.02. The van der Waals surface area contributed by atoms with Gasteiger partial charge in [-0.2, -0.15) is 5.10 Å². The Balaban J connectivity index is 1.66. The Hall–Kier alpha value is -1.20. The van der Waals surface area contributed by atoms with Crippen molar-refractivity contribution >= 4 is 11.3 Å². The number of aromatic amines is 1. The van der Waals surface area contributed by atoms with E-state index in [2.05, 4.69) is 33.1 Å². The summed E-state index contributed by atoms with van der Waals surface area (Å²) in [6.07, 6.45) is 4.38. The first-order valence-corrected chi connectivity index (χ1v) is 7.31. The molecule has 1 aliphatic rings. The summed E-state index contributed by atoms with van der Waals surface area (Å²) in [6.45, 7) is 5.46. The van der Waals surface area contributed by atoms with E-state index in [1.165, 1.54) is 35.7 Å². The van der Waals surface area contributed by atoms with Gasteiger partial charge in [0.05, 0.1) is 11.2 Å². The van der Waals surface area contributed by atoms with E-state index in [4.69, 9.17) is 0 Å². The molecule has 1 N–H and O–H groups in total. The molecule has 3 rings (SSSR count). The van der Waals surface area contributed by atoms with Crippen LogP contribution in [0.1, 0.15) is 35.0 Å². The Morgan fingerprint density at radius 3 is 3.22 bits per heavy atom. The normalized spacial score (nSPS) is 21.3. The van der Waals surface area contributed by atoms with Crippen molar-refractivity contribution in [1.29, 1.82) is 0 Å². The van der Waals surface area contributed by atoms with Crippen LogP contribution in [0.2, 0.25) is 0 Å². The third kappa shape index (κ3) is 2.47. The molecule has 1 fully saturated rings. The number of hydrogen-bond acceptors (Lipinski definition) is 4. The summed E-state index contributed by atoms with van der Waals surface area (Å²) >= 11 is 1.77. The maximum absolute atomic E-state index is 4.33. The van der Waals surface area contributed by atoms with Crippen molar-refractivity contribution in [2.24, 2.45) is 0 Å². The van der Waals surface area contributed by atoms with E-state index in [9.17, 15) is 0 Å². The first-order chi connectivity index (χ1) is 8.83. The molecule has 18 heavy (non-hydrogen) atoms. The molecule has 4 nitrogen and oxygen atoms in total. The molecule has 1 atom stereocenters. The highest BCUT2D eigenvalue weighted by Crippen LogP contribution is 2.27. The minimum absolute atomic E-state index is 0.606. The van der Waals surface area contributed by atoms with Crippen LogP contribution in [0.5, 0.6) is 0 Å². The second kappa shape index (κ2) is 5.20. The van der Waals surface area contributed by atoms with Gasteiger partial charge in [0.25, 0.3) is 0 Å². The average molecular weight is 262 g/mol. The number of piperidine rings is 1. The van der Waals surface area contributed by atoms with E-state index >= 15 is 0 Å². The third-order valence-corrected chi connectivity index (χ3v) is 4.60. The Morgan fingerprint density at radius 2 is 2.50 bits per heavy atom. The Labute approximate surface area is 111 Å². The van der Waals surface area contributed by atoms with Crippen LogP contribution in [0, 0.1) is 6.92 Å². The van der Waals surface area contributed by atoms with Gasteiger partial charge in [-0.1, -0.05) is 0 Å². The summed E-state index contributed by atoms with van der Waals surface area (Å²) in [5.41, 5.74) is 4.41. The summed E-state index contributed by atoms with van der Waals surface area (Å²) in [5, 5.41) is 7.17. The SMILES string of the molecule is Cc1ncsc1CN1CCC[C@@H](c2ccn[nH]2)C1. The lowest BCUT2D eigenvalue weighted by atomic mass is 9.95. The second-order valence-corrected chi connectivity index (χ2v) is 5.89. The Bertz CT molecular complexity index is 491. The fraction of sp³-hybridized carbons (Fsp3) is 0.538. The lowest BCUT2D eigenvalue weighted by molar-refractivity contribution is 0.199. The smallest absolute Gasteiger partial charge is 0.0798 e. The highest BCUT2D eigenvalue weighted by atomic mass is 32.1. The number of rotatable bonds is 3. The number of likely N-dealkylation sites (tertiary alicyclic amines) is 1. The van der Waals surface area contributed by atoms with Crippen LogP contribution >= 0.6 is 11.3 Å². The lowest BCUT2D eigenvalue weighted by Gasteiger charge is -2.31. The van der Waals surface area contributed by atoms with E-state index in [0.717, 1.165) is 13.1 Å². The minimum atomic E-state index is 0.606. The molecule has 0 saturated carbocycles. The van der Waals surface area contributed by atoms with Gasteiger partial charge >= 0.3 is 0 Å². The van der Waals surface area contributed by atoms with Crippen LogP contribution < -0.4 is 0 Å². The summed E-state index contributed by atoms with van der Waals surface area (Å²) in [5.74, 6) is 0.606. The van der Waals surface area contributed by atoms with E-state index < -0.39 is 0 Å². The molecule has 96 valence electrons. The summed E-state index contributed by atoms with van der Waals surface area (Å²) in [6, 6.07) is 2.10. The zero-order valence-corrected chi connectivity index (χ0v) is 11.4. The van der Waals surface area contributed by atoms with Gasteiger partial charge in [0, 0.05) is 35.8 Å². The van der Waals surface area contributed by atoms with Crippen LogP contribution in [-0.2, 0) is 6.54 Å². The molecule has 0 amide bonds. The Kier molecular flexibility index (Phi) is 3.43. The van der Waals surface area contributed by atoms with Crippen molar-refractivity contribution in [3.05, 3.63) is 34.0 Å². The number of aryl methyl sites for hydroxylation is 1. The lowest BCUT2D eigenvalue weighted by Crippen LogP contribution is -2.34. The maximum atomic E-state index is 4.33. The fourth-order valence-electron chi connectivity index (χ4n) is 2.63. The fourth-order valence-corrected chi connectivity index (χ4v) is 3.45. The molecule has 2 aromatic heterocycles. The van der Waals surface area contributed by atoms with Crippen molar-refractivity contribution in [2.45, 2.75) is 32.2 Å². The van der Waals surface area contributed by atoms with Gasteiger partial charge in [-0.25, -0.2) is 4.98 Å². The van der Waals surface area contributed by atoms with Crippen molar-refractivity contribution in [2.75, 3.05) is 13.1 Å². The summed E-state index contributed by atoms with van der Waals surface area (Å²) < 4.78 is 0. The molecule has 5 heteroatoms. The van der Waals surface area contributed by atoms with E-state index in [0.29, 0.717) is 5.92 Å². The molecular formula is C13H18N4S. The first-order valence-electron chi connectivity index (χ1n) is 6.43. The van der Waals surface area contributed by atoms with E-state index in [1.54, 1.807) is 11.3 Å². The molecule has 3 heterocycles. The van der Waals surface area contributed by atoms with Crippen LogP contribution in [0.3, 0.4) is 0 Å². The molecule has 2 aromatic rings. The van der Waals surface area contributed by atoms with Crippen molar-refractivity contribution in [3.63, 3.8) is 0 Å². The highest BCUT2D eigenvalue weighted by molar-refractivity contribution is 7.09. The summed E-state index contributed by atoms with van der Waals surface area (Å²) in [4.78, 5) is 8.27. The third-order valence-electron chi connectivity index (χ3n) is 3.68. The number of thiazole rings is 1. The number of hydrogen-bond donors (Lipinski definition) is 1. The minimum Gasteiger partial charge on any atom is -0.298 e. The van der Waals surface area contributed by atoms with Gasteiger partial charge < -0.3 is 0 Å². The highest BCUT2D eigenvalue weighted by Gasteiger charge is 2.22. The molecule has 0 bridgehead atoms. The second-order valence-electron chi connectivity index (χ2n) is 4.95. The molecule has 0 unspecified atom stereocenters. The van der Waals surface area contributed by atoms with E-state index in [-0.39, 0.29) is 0 Å². The summed E-state index contributed by atoms with van der Waals surface area (Å²) in [7, 11) is 0. The standard InChI is InChI=1S/C13H18N4S/c1-10-13(18-9-14-10)8-17-6-2-3-11(7-17)12-4-5-15-16-12/h4-5,9,11H,2-3,6-8H2,1H3,(H,15,16)/t11-/m1/s1. The number of nitrogens with zero attached hydrogens (tertiary/aromatic N) is 3. The predicted octanol–water partition coefficient (Wildman–Crippen LogP) is 2.55. The maximum Gasteiger partial charge on any atom is 0.0798 e. The number of H-pyrrole nitrogens is 1. The largest absolute Gasteiger partial charge is 0.298 e. The van der Waals surface area contributed by atoms with Gasteiger partial charge in [-0.15, -0.1) is 11.3 Å².